The van der Waals surface area contributed by atoms with E-state index < -0.39 is 12.2 Å². The van der Waals surface area contributed by atoms with Crippen LogP contribution in [-0.4, -0.2) is 30.8 Å². The molecule has 0 fully saturated rings. The molecule has 1 aromatic heterocycles. The van der Waals surface area contributed by atoms with E-state index in [-0.39, 0.29) is 13.2 Å². The van der Waals surface area contributed by atoms with Gasteiger partial charge in [0.25, 0.3) is 0 Å². The molecule has 7 nitrogen and oxygen atoms in total. The number of nitrogens with zero attached hydrogens (tertiary/aromatic N) is 1. The quantitative estimate of drug-likeness (QED) is 0.494. The van der Waals surface area contributed by atoms with Crippen molar-refractivity contribution in [2.45, 2.75) is 20.1 Å². The van der Waals surface area contributed by atoms with E-state index in [1.165, 1.54) is 14.1 Å². The molecule has 0 aliphatic heterocycles. The molecule has 2 amide bonds. The summed E-state index contributed by atoms with van der Waals surface area (Å²) in [7, 11) is 2.98. The van der Waals surface area contributed by atoms with E-state index in [1.807, 2.05) is 47.9 Å². The zero-order valence-electron chi connectivity index (χ0n) is 17.9. The second-order valence-corrected chi connectivity index (χ2v) is 7.66. The maximum atomic E-state index is 11.8. The lowest BCUT2D eigenvalue weighted by Crippen LogP contribution is -2.20. The maximum Gasteiger partial charge on any atom is 0.407 e. The third kappa shape index (κ3) is 5.00. The number of carbonyl (C=O) groups excluding carboxylic acids is 2. The molecule has 0 radical (unpaired) electrons. The molecule has 2 N–H and O–H groups in total. The van der Waals surface area contributed by atoms with Crippen molar-refractivity contribution in [1.29, 1.82) is 0 Å². The highest BCUT2D eigenvalue weighted by atomic mass is 35.5. The van der Waals surface area contributed by atoms with Crippen molar-refractivity contribution < 1.29 is 19.1 Å². The van der Waals surface area contributed by atoms with E-state index in [0.717, 1.165) is 28.2 Å². The molecule has 0 unspecified atom stereocenters. The first-order chi connectivity index (χ1) is 15.4. The molecule has 0 aliphatic rings. The second kappa shape index (κ2) is 10.4. The summed E-state index contributed by atoms with van der Waals surface area (Å²) in [5.74, 6) is 0. The Labute approximate surface area is 196 Å². The lowest BCUT2D eigenvalue weighted by molar-refractivity contribution is 0.134. The molecule has 0 saturated carbocycles. The molecule has 0 aliphatic carbocycles. The fraction of sp³-hybridized carbons (Fsp3) is 0.217. The van der Waals surface area contributed by atoms with Crippen LogP contribution in [0.25, 0.3) is 16.9 Å². The van der Waals surface area contributed by atoms with Crippen LogP contribution in [0.3, 0.4) is 0 Å². The van der Waals surface area contributed by atoms with E-state index in [2.05, 4.69) is 10.6 Å². The molecule has 0 atom stereocenters. The first kappa shape index (κ1) is 23.5. The number of halogens is 2. The average Bonchev–Trinajstić information content (AvgIpc) is 3.09. The molecule has 32 heavy (non-hydrogen) atoms. The molecule has 1 heterocycles. The zero-order valence-corrected chi connectivity index (χ0v) is 19.4. The fourth-order valence-corrected chi connectivity index (χ4v) is 3.70. The van der Waals surface area contributed by atoms with Crippen LogP contribution >= 0.6 is 23.2 Å². The molecule has 0 spiro atoms. The third-order valence-corrected chi connectivity index (χ3v) is 5.70. The standard InChI is InChI=1S/C23H23Cl2N3O4/c1-14-17(12-31-22(29)26-2)18(13-32-23(30)27-3)21(15-7-5-4-6-8-15)28(14)16-9-10-19(24)20(25)11-16/h4-11H,12-13H2,1-3H3,(H,26,29)(H,27,30). The first-order valence-corrected chi connectivity index (χ1v) is 10.6. The van der Waals surface area contributed by atoms with Gasteiger partial charge in [-0.2, -0.15) is 0 Å². The van der Waals surface area contributed by atoms with Crippen molar-refractivity contribution in [2.75, 3.05) is 14.1 Å². The molecule has 3 rings (SSSR count). The molecule has 0 bridgehead atoms. The number of rotatable bonds is 6. The summed E-state index contributed by atoms with van der Waals surface area (Å²) < 4.78 is 12.7. The summed E-state index contributed by atoms with van der Waals surface area (Å²) in [6.07, 6.45) is -1.13. The van der Waals surface area contributed by atoms with Crippen LogP contribution in [0, 0.1) is 6.92 Å². The maximum absolute atomic E-state index is 11.8. The van der Waals surface area contributed by atoms with Crippen molar-refractivity contribution in [2.24, 2.45) is 0 Å². The van der Waals surface area contributed by atoms with Gasteiger partial charge in [-0.1, -0.05) is 53.5 Å². The van der Waals surface area contributed by atoms with Gasteiger partial charge in [-0.3, -0.25) is 0 Å². The number of nitrogens with one attached hydrogen (secondary N) is 2. The van der Waals surface area contributed by atoms with Crippen molar-refractivity contribution in [3.05, 3.63) is 75.4 Å². The monoisotopic (exact) mass is 475 g/mol. The number of amides is 2. The van der Waals surface area contributed by atoms with Gasteiger partial charge >= 0.3 is 12.2 Å². The zero-order chi connectivity index (χ0) is 23.3. The van der Waals surface area contributed by atoms with Gasteiger partial charge < -0.3 is 24.7 Å². The molecular formula is C23H23Cl2N3O4. The van der Waals surface area contributed by atoms with Crippen molar-refractivity contribution in [3.63, 3.8) is 0 Å². The highest BCUT2D eigenvalue weighted by molar-refractivity contribution is 6.42. The molecule has 168 valence electrons. The number of benzene rings is 2. The van der Waals surface area contributed by atoms with E-state index in [0.29, 0.717) is 15.6 Å². The van der Waals surface area contributed by atoms with Gasteiger partial charge in [0.15, 0.2) is 0 Å². The highest BCUT2D eigenvalue weighted by Gasteiger charge is 2.24. The lowest BCUT2D eigenvalue weighted by atomic mass is 10.0. The Morgan fingerprint density at radius 1 is 0.875 bits per heavy atom. The summed E-state index contributed by atoms with van der Waals surface area (Å²) in [4.78, 5) is 23.6. The average molecular weight is 476 g/mol. The van der Waals surface area contributed by atoms with Crippen molar-refractivity contribution in [1.82, 2.24) is 15.2 Å². The number of hydrogen-bond acceptors (Lipinski definition) is 4. The number of alkyl carbamates (subject to hydrolysis) is 2. The lowest BCUT2D eigenvalue weighted by Gasteiger charge is -2.14. The molecule has 3 aromatic rings. The Kier molecular flexibility index (Phi) is 7.66. The summed E-state index contributed by atoms with van der Waals surface area (Å²) >= 11 is 12.4. The predicted molar refractivity (Wildman–Crippen MR) is 124 cm³/mol. The first-order valence-electron chi connectivity index (χ1n) is 9.80. The van der Waals surface area contributed by atoms with Gasteiger partial charge in [0, 0.05) is 36.6 Å². The normalized spacial score (nSPS) is 10.5. The van der Waals surface area contributed by atoms with E-state index >= 15 is 0 Å². The van der Waals surface area contributed by atoms with Crippen LogP contribution in [0.5, 0.6) is 0 Å². The number of aromatic nitrogens is 1. The van der Waals surface area contributed by atoms with Crippen LogP contribution in [0.1, 0.15) is 16.8 Å². The van der Waals surface area contributed by atoms with Gasteiger partial charge in [0.2, 0.25) is 0 Å². The fourth-order valence-electron chi connectivity index (χ4n) is 3.41. The Bertz CT molecular complexity index is 1130. The molecule has 0 saturated heterocycles. The van der Waals surface area contributed by atoms with Crippen LogP contribution in [0.4, 0.5) is 9.59 Å². The Balaban J connectivity index is 2.25. The largest absolute Gasteiger partial charge is 0.445 e. The van der Waals surface area contributed by atoms with E-state index in [4.69, 9.17) is 32.7 Å². The van der Waals surface area contributed by atoms with Gasteiger partial charge in [0.1, 0.15) is 13.2 Å². The van der Waals surface area contributed by atoms with E-state index in [1.54, 1.807) is 12.1 Å². The number of hydrogen-bond donors (Lipinski definition) is 2. The summed E-state index contributed by atoms with van der Waals surface area (Å²) in [6, 6.07) is 15.0. The number of carbonyl (C=O) groups is 2. The SMILES string of the molecule is CNC(=O)OCc1c(COC(=O)NC)c(-c2ccccc2)n(-c2ccc(Cl)c(Cl)c2)c1C. The van der Waals surface area contributed by atoms with Gasteiger partial charge in [-0.25, -0.2) is 9.59 Å². The number of ether oxygens (including phenoxy) is 2. The van der Waals surface area contributed by atoms with Crippen LogP contribution < -0.4 is 10.6 Å². The molecular weight excluding hydrogens is 453 g/mol. The third-order valence-electron chi connectivity index (χ3n) is 4.96. The minimum Gasteiger partial charge on any atom is -0.445 e. The minimum atomic E-state index is -0.567. The van der Waals surface area contributed by atoms with Gasteiger partial charge in [0.05, 0.1) is 15.7 Å². The Hall–Kier alpha value is -3.16. The van der Waals surface area contributed by atoms with Crippen molar-refractivity contribution in [3.8, 4) is 16.9 Å². The predicted octanol–water partition coefficient (Wildman–Crippen LogP) is 5.47. The second-order valence-electron chi connectivity index (χ2n) is 6.84. The highest BCUT2D eigenvalue weighted by Crippen LogP contribution is 2.37. The van der Waals surface area contributed by atoms with Crippen LogP contribution in [0.2, 0.25) is 10.0 Å². The smallest absolute Gasteiger partial charge is 0.407 e. The minimum absolute atomic E-state index is 0.00784. The molecule has 9 heteroatoms. The molecule has 2 aromatic carbocycles. The van der Waals surface area contributed by atoms with Crippen LogP contribution in [0.15, 0.2) is 48.5 Å². The van der Waals surface area contributed by atoms with E-state index in [9.17, 15) is 9.59 Å². The summed E-state index contributed by atoms with van der Waals surface area (Å²) in [5, 5.41) is 5.72. The van der Waals surface area contributed by atoms with Crippen molar-refractivity contribution >= 4 is 35.4 Å². The summed E-state index contributed by atoms with van der Waals surface area (Å²) in [5.41, 5.74) is 4.70. The van der Waals surface area contributed by atoms with Gasteiger partial charge in [-0.15, -0.1) is 0 Å². The topological polar surface area (TPSA) is 81.6 Å². The van der Waals surface area contributed by atoms with Gasteiger partial charge in [-0.05, 0) is 30.7 Å². The van der Waals surface area contributed by atoms with Crippen LogP contribution in [-0.2, 0) is 22.7 Å². The Morgan fingerprint density at radius 3 is 2.03 bits per heavy atom. The Morgan fingerprint density at radius 2 is 1.47 bits per heavy atom. The summed E-state index contributed by atoms with van der Waals surface area (Å²) in [6.45, 7) is 1.87.